The van der Waals surface area contributed by atoms with Gasteiger partial charge >= 0.3 is 5.97 Å². The average molecular weight is 437 g/mol. The molecule has 0 amide bonds. The normalized spacial score (nSPS) is 11.2. The number of aryl methyl sites for hydroxylation is 2. The van der Waals surface area contributed by atoms with E-state index >= 15 is 0 Å². The summed E-state index contributed by atoms with van der Waals surface area (Å²) in [6, 6.07) is 21.6. The van der Waals surface area contributed by atoms with E-state index in [9.17, 15) is 9.59 Å². The van der Waals surface area contributed by atoms with Gasteiger partial charge in [0.1, 0.15) is 0 Å². The molecule has 6 heteroatoms. The zero-order valence-electron chi connectivity index (χ0n) is 18.2. The van der Waals surface area contributed by atoms with Gasteiger partial charge < -0.3 is 9.72 Å². The molecule has 0 spiro atoms. The molecular formula is C27H23N3O3. The Balaban J connectivity index is 1.41. The van der Waals surface area contributed by atoms with Crippen LogP contribution in [0, 0.1) is 0 Å². The number of hydrogen-bond donors (Lipinski definition) is 1. The van der Waals surface area contributed by atoms with Crippen LogP contribution in [0.5, 0.6) is 0 Å². The molecule has 2 heterocycles. The number of rotatable bonds is 6. The fraction of sp³-hybridized carbons (Fsp3) is 0.148. The Kier molecular flexibility index (Phi) is 5.48. The number of aromatic amines is 1. The third kappa shape index (κ3) is 4.15. The van der Waals surface area contributed by atoms with Crippen LogP contribution in [-0.2, 0) is 28.9 Å². The first-order chi connectivity index (χ1) is 16.1. The van der Waals surface area contributed by atoms with E-state index in [1.165, 1.54) is 18.1 Å². The molecule has 5 aromatic rings. The van der Waals surface area contributed by atoms with Crippen LogP contribution in [0.2, 0.25) is 0 Å². The maximum atomic E-state index is 13.2. The smallest absolute Gasteiger partial charge is 0.309 e. The van der Waals surface area contributed by atoms with Crippen molar-refractivity contribution in [3.63, 3.8) is 0 Å². The molecule has 164 valence electrons. The molecule has 0 saturated carbocycles. The lowest BCUT2D eigenvalue weighted by molar-refractivity contribution is -0.139. The number of fused-ring (bicyclic) bond motifs is 2. The Hall–Kier alpha value is -4.19. The molecule has 1 N–H and O–H groups in total. The van der Waals surface area contributed by atoms with Crippen molar-refractivity contribution in [2.45, 2.75) is 19.4 Å². The summed E-state index contributed by atoms with van der Waals surface area (Å²) < 4.78 is 6.40. The van der Waals surface area contributed by atoms with Crippen LogP contribution in [0.15, 0.2) is 84.0 Å². The van der Waals surface area contributed by atoms with E-state index in [0.717, 1.165) is 28.6 Å². The molecule has 5 rings (SSSR count). The molecule has 0 atom stereocenters. The molecular weight excluding hydrogens is 414 g/mol. The second kappa shape index (κ2) is 8.74. The molecule has 2 aromatic heterocycles. The quantitative estimate of drug-likeness (QED) is 0.397. The van der Waals surface area contributed by atoms with Gasteiger partial charge in [-0.2, -0.15) is 0 Å². The van der Waals surface area contributed by atoms with Crippen LogP contribution in [0.25, 0.3) is 32.9 Å². The number of aromatic nitrogens is 3. The molecule has 0 bridgehead atoms. The first-order valence-electron chi connectivity index (χ1n) is 10.8. The van der Waals surface area contributed by atoms with Crippen molar-refractivity contribution in [3.05, 3.63) is 101 Å². The van der Waals surface area contributed by atoms with Crippen LogP contribution in [0.1, 0.15) is 11.1 Å². The minimum atomic E-state index is -0.271. The summed E-state index contributed by atoms with van der Waals surface area (Å²) in [7, 11) is 1.38. The summed E-state index contributed by atoms with van der Waals surface area (Å²) in [4.78, 5) is 32.5. The first kappa shape index (κ1) is 20.7. The second-order valence-corrected chi connectivity index (χ2v) is 8.03. The molecule has 0 fully saturated rings. The number of carbonyl (C=O) groups excluding carboxylic acids is 1. The largest absolute Gasteiger partial charge is 0.469 e. The molecule has 0 unspecified atom stereocenters. The van der Waals surface area contributed by atoms with Gasteiger partial charge in [-0.25, -0.2) is 4.98 Å². The Bertz CT molecular complexity index is 1510. The van der Waals surface area contributed by atoms with Crippen molar-refractivity contribution >= 4 is 27.8 Å². The van der Waals surface area contributed by atoms with Crippen LogP contribution in [0.4, 0.5) is 0 Å². The fourth-order valence-electron chi connectivity index (χ4n) is 4.13. The molecule has 0 saturated heterocycles. The van der Waals surface area contributed by atoms with E-state index in [0.29, 0.717) is 17.4 Å². The summed E-state index contributed by atoms with van der Waals surface area (Å²) in [5.41, 5.74) is 5.68. The van der Waals surface area contributed by atoms with Gasteiger partial charge in [0.15, 0.2) is 0 Å². The lowest BCUT2D eigenvalue weighted by Crippen LogP contribution is -2.21. The van der Waals surface area contributed by atoms with Gasteiger partial charge in [0.05, 0.1) is 30.8 Å². The number of para-hydroxylation sites is 1. The number of ether oxygens (including phenoxy) is 1. The minimum Gasteiger partial charge on any atom is -0.469 e. The Labute approximate surface area is 190 Å². The lowest BCUT2D eigenvalue weighted by atomic mass is 10.0. The number of methoxy groups -OCH3 is 1. The monoisotopic (exact) mass is 437 g/mol. The van der Waals surface area contributed by atoms with Crippen LogP contribution in [-0.4, -0.2) is 27.6 Å². The Morgan fingerprint density at radius 3 is 2.61 bits per heavy atom. The van der Waals surface area contributed by atoms with Gasteiger partial charge in [-0.3, -0.25) is 14.2 Å². The summed E-state index contributed by atoms with van der Waals surface area (Å²) in [6.07, 6.45) is 4.60. The van der Waals surface area contributed by atoms with Crippen molar-refractivity contribution in [2.75, 3.05) is 7.11 Å². The third-order valence-corrected chi connectivity index (χ3v) is 5.98. The van der Waals surface area contributed by atoms with Gasteiger partial charge in [-0.1, -0.05) is 48.5 Å². The van der Waals surface area contributed by atoms with Crippen LogP contribution < -0.4 is 5.56 Å². The van der Waals surface area contributed by atoms with Crippen LogP contribution >= 0.6 is 0 Å². The zero-order chi connectivity index (χ0) is 22.8. The minimum absolute atomic E-state index is 0.0518. The highest BCUT2D eigenvalue weighted by atomic mass is 16.5. The van der Waals surface area contributed by atoms with Crippen molar-refractivity contribution in [2.24, 2.45) is 0 Å². The Morgan fingerprint density at radius 1 is 1.00 bits per heavy atom. The molecule has 33 heavy (non-hydrogen) atoms. The van der Waals surface area contributed by atoms with E-state index in [-0.39, 0.29) is 17.9 Å². The van der Waals surface area contributed by atoms with Crippen molar-refractivity contribution < 1.29 is 9.53 Å². The van der Waals surface area contributed by atoms with E-state index in [4.69, 9.17) is 4.74 Å². The van der Waals surface area contributed by atoms with E-state index in [2.05, 4.69) is 16.0 Å². The Morgan fingerprint density at radius 2 is 1.79 bits per heavy atom. The molecule has 0 aliphatic rings. The van der Waals surface area contributed by atoms with Crippen LogP contribution in [0.3, 0.4) is 0 Å². The van der Waals surface area contributed by atoms with E-state index in [1.54, 1.807) is 10.9 Å². The zero-order valence-corrected chi connectivity index (χ0v) is 18.2. The topological polar surface area (TPSA) is 77.0 Å². The van der Waals surface area contributed by atoms with Crippen molar-refractivity contribution in [1.82, 2.24) is 14.5 Å². The van der Waals surface area contributed by atoms with Gasteiger partial charge in [-0.05, 0) is 46.9 Å². The summed E-state index contributed by atoms with van der Waals surface area (Å²) >= 11 is 0. The predicted molar refractivity (Wildman–Crippen MR) is 129 cm³/mol. The molecule has 6 nitrogen and oxygen atoms in total. The van der Waals surface area contributed by atoms with Gasteiger partial charge in [-0.15, -0.1) is 0 Å². The summed E-state index contributed by atoms with van der Waals surface area (Å²) in [5.74, 6) is -0.271. The standard InChI is InChI=1S/C27H23N3O3/c1-33-26(31)14-18-6-8-19(9-7-18)20-10-11-25-23(15-20)27(32)30(17-29-25)13-12-21-16-28-24-5-3-2-4-22(21)24/h2-11,15-17,28H,12-14H2,1H3. The highest BCUT2D eigenvalue weighted by molar-refractivity contribution is 5.84. The molecule has 3 aromatic carbocycles. The summed E-state index contributed by atoms with van der Waals surface area (Å²) in [5, 5.41) is 1.77. The van der Waals surface area contributed by atoms with E-state index < -0.39 is 0 Å². The third-order valence-electron chi connectivity index (χ3n) is 5.98. The number of hydrogen-bond acceptors (Lipinski definition) is 4. The average Bonchev–Trinajstić information content (AvgIpc) is 3.27. The predicted octanol–water partition coefficient (Wildman–Crippen LogP) is 4.50. The summed E-state index contributed by atoms with van der Waals surface area (Å²) in [6.45, 7) is 0.552. The van der Waals surface area contributed by atoms with Crippen molar-refractivity contribution in [3.8, 4) is 11.1 Å². The number of esters is 1. The number of benzene rings is 3. The highest BCUT2D eigenvalue weighted by Crippen LogP contribution is 2.23. The lowest BCUT2D eigenvalue weighted by Gasteiger charge is -2.08. The maximum Gasteiger partial charge on any atom is 0.309 e. The number of nitrogens with zero attached hydrogens (tertiary/aromatic N) is 2. The highest BCUT2D eigenvalue weighted by Gasteiger charge is 2.09. The number of carbonyl (C=O) groups is 1. The number of nitrogens with one attached hydrogen (secondary N) is 1. The van der Waals surface area contributed by atoms with E-state index in [1.807, 2.05) is 66.9 Å². The fourth-order valence-corrected chi connectivity index (χ4v) is 4.13. The molecule has 0 aliphatic heterocycles. The first-order valence-corrected chi connectivity index (χ1v) is 10.8. The van der Waals surface area contributed by atoms with Gasteiger partial charge in [0.2, 0.25) is 0 Å². The van der Waals surface area contributed by atoms with Gasteiger partial charge in [0.25, 0.3) is 5.56 Å². The van der Waals surface area contributed by atoms with Gasteiger partial charge in [0, 0.05) is 23.6 Å². The SMILES string of the molecule is COC(=O)Cc1ccc(-c2ccc3ncn(CCc4c[nH]c5ccccc45)c(=O)c3c2)cc1. The maximum absolute atomic E-state index is 13.2. The molecule has 0 aliphatic carbocycles. The number of H-pyrrole nitrogens is 1. The molecule has 0 radical (unpaired) electrons. The van der Waals surface area contributed by atoms with Crippen molar-refractivity contribution in [1.29, 1.82) is 0 Å². The second-order valence-electron chi connectivity index (χ2n) is 8.03.